The van der Waals surface area contributed by atoms with Gasteiger partial charge in [0.1, 0.15) is 0 Å². The van der Waals surface area contributed by atoms with Crippen molar-refractivity contribution < 1.29 is 4.79 Å². The molecule has 1 aliphatic rings. The van der Waals surface area contributed by atoms with Crippen LogP contribution in [0.25, 0.3) is 0 Å². The molecule has 2 heterocycles. The molecular weight excluding hydrogens is 362 g/mol. The van der Waals surface area contributed by atoms with Gasteiger partial charge < -0.3 is 10.2 Å². The predicted octanol–water partition coefficient (Wildman–Crippen LogP) is 2.73. The lowest BCUT2D eigenvalue weighted by molar-refractivity contribution is 0.0950. The summed E-state index contributed by atoms with van der Waals surface area (Å²) in [5, 5.41) is 2.90. The van der Waals surface area contributed by atoms with Gasteiger partial charge in [-0.3, -0.25) is 9.69 Å². The first-order valence-corrected chi connectivity index (χ1v) is 9.93. The molecule has 4 rings (SSSR count). The Kier molecular flexibility index (Phi) is 6.12. The van der Waals surface area contributed by atoms with Gasteiger partial charge in [-0.1, -0.05) is 60.7 Å². The topological polar surface area (TPSA) is 61.4 Å². The van der Waals surface area contributed by atoms with E-state index in [1.54, 1.807) is 12.4 Å². The molecule has 0 atom stereocenters. The van der Waals surface area contributed by atoms with E-state index >= 15 is 0 Å². The molecule has 0 spiro atoms. The zero-order valence-electron chi connectivity index (χ0n) is 16.4. The Hall–Kier alpha value is -3.25. The van der Waals surface area contributed by atoms with Gasteiger partial charge in [0.15, 0.2) is 0 Å². The van der Waals surface area contributed by atoms with E-state index in [2.05, 4.69) is 49.4 Å². The fourth-order valence-electron chi connectivity index (χ4n) is 3.43. The Bertz CT molecular complexity index is 907. The van der Waals surface area contributed by atoms with Gasteiger partial charge in [0.25, 0.3) is 5.91 Å². The fraction of sp³-hybridized carbons (Fsp3) is 0.261. The normalized spacial score (nSPS) is 14.6. The molecule has 1 N–H and O–H groups in total. The van der Waals surface area contributed by atoms with Gasteiger partial charge in [-0.05, 0) is 11.1 Å². The Morgan fingerprint density at radius 1 is 0.828 bits per heavy atom. The molecule has 0 bridgehead atoms. The Labute approximate surface area is 171 Å². The fourth-order valence-corrected chi connectivity index (χ4v) is 3.43. The second-order valence-corrected chi connectivity index (χ2v) is 7.19. The highest BCUT2D eigenvalue weighted by molar-refractivity contribution is 5.93. The van der Waals surface area contributed by atoms with Crippen LogP contribution in [0.4, 0.5) is 5.95 Å². The molecular formula is C23H25N5O. The number of anilines is 1. The number of benzene rings is 2. The molecule has 1 saturated heterocycles. The number of carbonyl (C=O) groups is 1. The molecule has 1 aromatic heterocycles. The van der Waals surface area contributed by atoms with Crippen LogP contribution in [-0.2, 0) is 13.1 Å². The summed E-state index contributed by atoms with van der Waals surface area (Å²) in [6.45, 7) is 5.16. The standard InChI is InChI=1S/C23H25N5O/c29-22(24-15-19-7-3-1-4-8-19)21-16-25-23(26-17-21)28-13-11-27(12-14-28)18-20-9-5-2-6-10-20/h1-10,16-17H,11-15,18H2,(H,24,29). The van der Waals surface area contributed by atoms with Crippen molar-refractivity contribution in [2.45, 2.75) is 13.1 Å². The third-order valence-electron chi connectivity index (χ3n) is 5.10. The van der Waals surface area contributed by atoms with Crippen LogP contribution in [0.15, 0.2) is 73.1 Å². The highest BCUT2D eigenvalue weighted by atomic mass is 16.1. The molecule has 2 aromatic carbocycles. The number of aromatic nitrogens is 2. The molecule has 0 saturated carbocycles. The minimum Gasteiger partial charge on any atom is -0.348 e. The van der Waals surface area contributed by atoms with Gasteiger partial charge in [-0.2, -0.15) is 0 Å². The molecule has 0 aliphatic carbocycles. The van der Waals surface area contributed by atoms with Crippen molar-refractivity contribution >= 4 is 11.9 Å². The summed E-state index contributed by atoms with van der Waals surface area (Å²) in [5.41, 5.74) is 2.88. The summed E-state index contributed by atoms with van der Waals surface area (Å²) >= 11 is 0. The zero-order chi connectivity index (χ0) is 19.9. The van der Waals surface area contributed by atoms with E-state index in [-0.39, 0.29) is 5.91 Å². The number of hydrogen-bond donors (Lipinski definition) is 1. The van der Waals surface area contributed by atoms with Crippen molar-refractivity contribution in [3.63, 3.8) is 0 Å². The lowest BCUT2D eigenvalue weighted by Gasteiger charge is -2.34. The van der Waals surface area contributed by atoms with Crippen LogP contribution in [-0.4, -0.2) is 47.0 Å². The molecule has 0 unspecified atom stereocenters. The van der Waals surface area contributed by atoms with Gasteiger partial charge in [0.05, 0.1) is 5.56 Å². The van der Waals surface area contributed by atoms with E-state index in [0.717, 1.165) is 38.3 Å². The van der Waals surface area contributed by atoms with Gasteiger partial charge in [-0.25, -0.2) is 9.97 Å². The van der Waals surface area contributed by atoms with Crippen molar-refractivity contribution in [1.29, 1.82) is 0 Å². The lowest BCUT2D eigenvalue weighted by atomic mass is 10.2. The van der Waals surface area contributed by atoms with Gasteiger partial charge in [0.2, 0.25) is 5.95 Å². The Balaban J connectivity index is 1.27. The monoisotopic (exact) mass is 387 g/mol. The summed E-state index contributed by atoms with van der Waals surface area (Å²) in [7, 11) is 0. The smallest absolute Gasteiger partial charge is 0.254 e. The van der Waals surface area contributed by atoms with Crippen LogP contribution in [0.2, 0.25) is 0 Å². The zero-order valence-corrected chi connectivity index (χ0v) is 16.4. The molecule has 148 valence electrons. The van der Waals surface area contributed by atoms with Crippen LogP contribution in [0, 0.1) is 0 Å². The van der Waals surface area contributed by atoms with E-state index in [0.29, 0.717) is 18.1 Å². The first-order valence-electron chi connectivity index (χ1n) is 9.93. The van der Waals surface area contributed by atoms with Crippen LogP contribution >= 0.6 is 0 Å². The van der Waals surface area contributed by atoms with Crippen molar-refractivity contribution in [3.05, 3.63) is 89.7 Å². The number of carbonyl (C=O) groups excluding carboxylic acids is 1. The van der Waals surface area contributed by atoms with Crippen LogP contribution < -0.4 is 10.2 Å². The number of amides is 1. The maximum atomic E-state index is 12.3. The average molecular weight is 387 g/mol. The molecule has 3 aromatic rings. The molecule has 1 aliphatic heterocycles. The molecule has 6 heteroatoms. The summed E-state index contributed by atoms with van der Waals surface area (Å²) in [5.74, 6) is 0.525. The van der Waals surface area contributed by atoms with Crippen molar-refractivity contribution in [3.8, 4) is 0 Å². The Morgan fingerprint density at radius 2 is 1.41 bits per heavy atom. The minimum absolute atomic E-state index is 0.159. The van der Waals surface area contributed by atoms with Gasteiger partial charge >= 0.3 is 0 Å². The maximum absolute atomic E-state index is 12.3. The number of nitrogens with one attached hydrogen (secondary N) is 1. The van der Waals surface area contributed by atoms with Crippen molar-refractivity contribution in [2.24, 2.45) is 0 Å². The van der Waals surface area contributed by atoms with Crippen LogP contribution in [0.3, 0.4) is 0 Å². The number of piperazine rings is 1. The second kappa shape index (κ2) is 9.30. The van der Waals surface area contributed by atoms with Gasteiger partial charge in [-0.15, -0.1) is 0 Å². The predicted molar refractivity (Wildman–Crippen MR) is 114 cm³/mol. The highest BCUT2D eigenvalue weighted by Gasteiger charge is 2.19. The van der Waals surface area contributed by atoms with Gasteiger partial charge in [0, 0.05) is 51.7 Å². The molecule has 29 heavy (non-hydrogen) atoms. The number of nitrogens with zero attached hydrogens (tertiary/aromatic N) is 4. The molecule has 1 fully saturated rings. The largest absolute Gasteiger partial charge is 0.348 e. The van der Waals surface area contributed by atoms with Crippen LogP contribution in [0.5, 0.6) is 0 Å². The summed E-state index contributed by atoms with van der Waals surface area (Å²) in [4.78, 5) is 25.8. The lowest BCUT2D eigenvalue weighted by Crippen LogP contribution is -2.46. The highest BCUT2D eigenvalue weighted by Crippen LogP contribution is 2.13. The first kappa shape index (κ1) is 19.1. The maximum Gasteiger partial charge on any atom is 0.254 e. The van der Waals surface area contributed by atoms with Crippen molar-refractivity contribution in [1.82, 2.24) is 20.2 Å². The number of rotatable bonds is 6. The summed E-state index contributed by atoms with van der Waals surface area (Å²) in [6.07, 6.45) is 3.22. The SMILES string of the molecule is O=C(NCc1ccccc1)c1cnc(N2CCN(Cc3ccccc3)CC2)nc1. The van der Waals surface area contributed by atoms with Crippen LogP contribution in [0.1, 0.15) is 21.5 Å². The second-order valence-electron chi connectivity index (χ2n) is 7.19. The summed E-state index contributed by atoms with van der Waals surface area (Å²) < 4.78 is 0. The molecule has 0 radical (unpaired) electrons. The molecule has 1 amide bonds. The number of hydrogen-bond acceptors (Lipinski definition) is 5. The molecule has 6 nitrogen and oxygen atoms in total. The summed E-state index contributed by atoms with van der Waals surface area (Å²) in [6, 6.07) is 20.4. The van der Waals surface area contributed by atoms with E-state index < -0.39 is 0 Å². The average Bonchev–Trinajstić information content (AvgIpc) is 2.79. The minimum atomic E-state index is -0.159. The third-order valence-corrected chi connectivity index (χ3v) is 5.10. The third kappa shape index (κ3) is 5.18. The van der Waals surface area contributed by atoms with E-state index in [4.69, 9.17) is 0 Å². The Morgan fingerprint density at radius 3 is 2.03 bits per heavy atom. The quantitative estimate of drug-likeness (QED) is 0.705. The first-order chi connectivity index (χ1) is 14.3. The van der Waals surface area contributed by atoms with E-state index in [9.17, 15) is 4.79 Å². The van der Waals surface area contributed by atoms with E-state index in [1.807, 2.05) is 36.4 Å². The van der Waals surface area contributed by atoms with E-state index in [1.165, 1.54) is 5.56 Å². The van der Waals surface area contributed by atoms with Crippen molar-refractivity contribution in [2.75, 3.05) is 31.1 Å².